The van der Waals surface area contributed by atoms with Crippen LogP contribution in [-0.2, 0) is 10.2 Å². The fourth-order valence-electron chi connectivity index (χ4n) is 3.54. The molecule has 0 spiro atoms. The van der Waals surface area contributed by atoms with Crippen LogP contribution in [0.25, 0.3) is 0 Å². The molecule has 0 unspecified atom stereocenters. The van der Waals surface area contributed by atoms with E-state index in [9.17, 15) is 14.5 Å². The second-order valence-corrected chi connectivity index (χ2v) is 6.60. The van der Waals surface area contributed by atoms with Crippen molar-refractivity contribution in [1.29, 1.82) is 0 Å². The summed E-state index contributed by atoms with van der Waals surface area (Å²) in [6, 6.07) is 11.5. The van der Waals surface area contributed by atoms with Crippen LogP contribution in [0.15, 0.2) is 42.5 Å². The SMILES string of the molecule is CCOc1cccc(NCC2(c3cccc(F)c3)CCOCC2)c1[N+](=O)[O-]. The van der Waals surface area contributed by atoms with E-state index in [0.717, 1.165) is 5.56 Å². The van der Waals surface area contributed by atoms with Gasteiger partial charge in [0.05, 0.1) is 11.5 Å². The smallest absolute Gasteiger partial charge is 0.333 e. The Hall–Kier alpha value is -2.67. The summed E-state index contributed by atoms with van der Waals surface area (Å²) in [6.07, 6.45) is 1.42. The van der Waals surface area contributed by atoms with E-state index in [1.807, 2.05) is 6.07 Å². The van der Waals surface area contributed by atoms with Gasteiger partial charge in [0, 0.05) is 25.2 Å². The van der Waals surface area contributed by atoms with Crippen molar-refractivity contribution in [2.24, 2.45) is 0 Å². The van der Waals surface area contributed by atoms with Gasteiger partial charge in [-0.3, -0.25) is 10.1 Å². The Kier molecular flexibility index (Phi) is 5.91. The molecule has 1 N–H and O–H groups in total. The number of nitrogens with zero attached hydrogens (tertiary/aromatic N) is 1. The maximum Gasteiger partial charge on any atom is 0.333 e. The minimum atomic E-state index is -0.438. The largest absolute Gasteiger partial charge is 0.487 e. The van der Waals surface area contributed by atoms with E-state index in [4.69, 9.17) is 9.47 Å². The molecule has 0 bridgehead atoms. The Balaban J connectivity index is 1.91. The average molecular weight is 374 g/mol. The highest BCUT2D eigenvalue weighted by molar-refractivity contribution is 5.68. The number of nitro groups is 1. The fourth-order valence-corrected chi connectivity index (χ4v) is 3.54. The monoisotopic (exact) mass is 374 g/mol. The van der Waals surface area contributed by atoms with Gasteiger partial charge in [0.1, 0.15) is 11.5 Å². The first-order valence-electron chi connectivity index (χ1n) is 9.03. The Labute approximate surface area is 157 Å². The molecule has 1 aliphatic heterocycles. The lowest BCUT2D eigenvalue weighted by atomic mass is 9.74. The van der Waals surface area contributed by atoms with Crippen molar-refractivity contribution in [3.05, 3.63) is 64.0 Å². The van der Waals surface area contributed by atoms with Gasteiger partial charge in [-0.1, -0.05) is 18.2 Å². The number of para-hydroxylation sites is 1. The molecular weight excluding hydrogens is 351 g/mol. The molecule has 1 heterocycles. The fraction of sp³-hybridized carbons (Fsp3) is 0.400. The number of hydrogen-bond donors (Lipinski definition) is 1. The van der Waals surface area contributed by atoms with Gasteiger partial charge in [-0.2, -0.15) is 0 Å². The van der Waals surface area contributed by atoms with Gasteiger partial charge in [-0.25, -0.2) is 4.39 Å². The van der Waals surface area contributed by atoms with Crippen LogP contribution in [0.1, 0.15) is 25.3 Å². The highest BCUT2D eigenvalue weighted by atomic mass is 19.1. The molecule has 27 heavy (non-hydrogen) atoms. The van der Waals surface area contributed by atoms with Crippen LogP contribution < -0.4 is 10.1 Å². The molecule has 0 atom stereocenters. The zero-order chi connectivity index (χ0) is 19.3. The summed E-state index contributed by atoms with van der Waals surface area (Å²) in [6.45, 7) is 3.70. The first-order valence-corrected chi connectivity index (χ1v) is 9.03. The van der Waals surface area contributed by atoms with Gasteiger partial charge in [0.2, 0.25) is 0 Å². The number of nitro benzene ring substituents is 1. The topological polar surface area (TPSA) is 73.6 Å². The summed E-state index contributed by atoms with van der Waals surface area (Å²) in [4.78, 5) is 11.1. The number of hydrogen-bond acceptors (Lipinski definition) is 5. The minimum Gasteiger partial charge on any atom is -0.487 e. The maximum absolute atomic E-state index is 13.8. The second-order valence-electron chi connectivity index (χ2n) is 6.60. The first kappa shape index (κ1) is 19.1. The third-order valence-corrected chi connectivity index (χ3v) is 4.99. The van der Waals surface area contributed by atoms with Crippen molar-refractivity contribution in [1.82, 2.24) is 0 Å². The van der Waals surface area contributed by atoms with Crippen LogP contribution in [0.2, 0.25) is 0 Å². The molecule has 1 fully saturated rings. The van der Waals surface area contributed by atoms with Gasteiger partial charge < -0.3 is 14.8 Å². The molecule has 0 aromatic heterocycles. The van der Waals surface area contributed by atoms with Crippen molar-refractivity contribution in [3.8, 4) is 5.75 Å². The van der Waals surface area contributed by atoms with Gasteiger partial charge >= 0.3 is 5.69 Å². The summed E-state index contributed by atoms with van der Waals surface area (Å²) in [5.74, 6) is -0.0537. The van der Waals surface area contributed by atoms with E-state index in [1.54, 1.807) is 31.2 Å². The van der Waals surface area contributed by atoms with Crippen molar-refractivity contribution in [2.45, 2.75) is 25.2 Å². The molecule has 0 saturated carbocycles. The molecule has 1 aliphatic rings. The van der Waals surface area contributed by atoms with E-state index in [2.05, 4.69) is 5.32 Å². The summed E-state index contributed by atoms with van der Waals surface area (Å²) in [5, 5.41) is 14.8. The van der Waals surface area contributed by atoms with Crippen LogP contribution in [0.5, 0.6) is 5.75 Å². The Morgan fingerprint density at radius 2 is 2.00 bits per heavy atom. The van der Waals surface area contributed by atoms with E-state index in [0.29, 0.717) is 44.9 Å². The number of benzene rings is 2. The summed E-state index contributed by atoms with van der Waals surface area (Å²) in [7, 11) is 0. The number of halogens is 1. The maximum atomic E-state index is 13.8. The lowest BCUT2D eigenvalue weighted by Crippen LogP contribution is -2.40. The van der Waals surface area contributed by atoms with Crippen molar-refractivity contribution < 1.29 is 18.8 Å². The van der Waals surface area contributed by atoms with Crippen LogP contribution in [-0.4, -0.2) is 31.3 Å². The van der Waals surface area contributed by atoms with E-state index < -0.39 is 4.92 Å². The Bertz CT molecular complexity index is 806. The number of nitrogens with one attached hydrogen (secondary N) is 1. The molecule has 2 aromatic carbocycles. The predicted octanol–water partition coefficient (Wildman–Crippen LogP) is 4.29. The third kappa shape index (κ3) is 4.19. The third-order valence-electron chi connectivity index (χ3n) is 4.99. The van der Waals surface area contributed by atoms with Crippen molar-refractivity contribution >= 4 is 11.4 Å². The van der Waals surface area contributed by atoms with Gasteiger partial charge in [0.25, 0.3) is 0 Å². The van der Waals surface area contributed by atoms with Crippen LogP contribution in [0.3, 0.4) is 0 Å². The Morgan fingerprint density at radius 1 is 1.26 bits per heavy atom. The van der Waals surface area contributed by atoms with Gasteiger partial charge in [0.15, 0.2) is 5.75 Å². The predicted molar refractivity (Wildman–Crippen MR) is 101 cm³/mol. The molecule has 0 aliphatic carbocycles. The molecule has 2 aromatic rings. The van der Waals surface area contributed by atoms with Crippen molar-refractivity contribution in [2.75, 3.05) is 31.7 Å². The normalized spacial score (nSPS) is 15.9. The molecule has 0 amide bonds. The zero-order valence-electron chi connectivity index (χ0n) is 15.2. The van der Waals surface area contributed by atoms with Crippen molar-refractivity contribution in [3.63, 3.8) is 0 Å². The lowest BCUT2D eigenvalue weighted by molar-refractivity contribution is -0.384. The molecule has 1 saturated heterocycles. The summed E-state index contributed by atoms with van der Waals surface area (Å²) in [5.41, 5.74) is 0.839. The molecule has 6 nitrogen and oxygen atoms in total. The van der Waals surface area contributed by atoms with E-state index in [1.165, 1.54) is 12.1 Å². The molecule has 144 valence electrons. The van der Waals surface area contributed by atoms with Gasteiger partial charge in [-0.15, -0.1) is 0 Å². The zero-order valence-corrected chi connectivity index (χ0v) is 15.2. The number of ether oxygens (including phenoxy) is 2. The number of anilines is 1. The highest BCUT2D eigenvalue weighted by Crippen LogP contribution is 2.39. The summed E-state index contributed by atoms with van der Waals surface area (Å²) >= 11 is 0. The van der Waals surface area contributed by atoms with E-state index in [-0.39, 0.29) is 22.7 Å². The average Bonchev–Trinajstić information content (AvgIpc) is 2.67. The lowest BCUT2D eigenvalue weighted by Gasteiger charge is -2.38. The van der Waals surface area contributed by atoms with Gasteiger partial charge in [-0.05, 0) is 49.6 Å². The second kappa shape index (κ2) is 8.35. The van der Waals surface area contributed by atoms with Crippen LogP contribution in [0, 0.1) is 15.9 Å². The quantitative estimate of drug-likeness (QED) is 0.578. The first-order chi connectivity index (χ1) is 13.1. The molecule has 0 radical (unpaired) electrons. The highest BCUT2D eigenvalue weighted by Gasteiger charge is 2.35. The standard InChI is InChI=1S/C20H23FN2O4/c1-2-27-18-8-4-7-17(19(18)23(24)25)22-14-20(9-11-26-12-10-20)15-5-3-6-16(21)13-15/h3-8,13,22H,2,9-12,14H2,1H3. The van der Waals surface area contributed by atoms with Crippen LogP contribution in [0.4, 0.5) is 15.8 Å². The number of rotatable bonds is 7. The molecule has 3 rings (SSSR count). The van der Waals surface area contributed by atoms with E-state index >= 15 is 0 Å². The Morgan fingerprint density at radius 3 is 2.67 bits per heavy atom. The summed E-state index contributed by atoms with van der Waals surface area (Å²) < 4.78 is 24.7. The molecular formula is C20H23FN2O4. The van der Waals surface area contributed by atoms with Crippen LogP contribution >= 0.6 is 0 Å². The molecule has 7 heteroatoms. The minimum absolute atomic E-state index is 0.0826.